The molecular weight excluding hydrogens is 262 g/mol. The first-order valence-electron chi connectivity index (χ1n) is 5.94. The minimum Gasteiger partial charge on any atom is -0.462 e. The molecule has 0 saturated heterocycles. The van der Waals surface area contributed by atoms with E-state index >= 15 is 0 Å². The molecule has 2 aromatic rings. The van der Waals surface area contributed by atoms with E-state index in [1.54, 1.807) is 30.4 Å². The minimum absolute atomic E-state index is 0.358. The summed E-state index contributed by atoms with van der Waals surface area (Å²) in [5.74, 6) is 0.296. The summed E-state index contributed by atoms with van der Waals surface area (Å²) in [4.78, 5) is 21.2. The van der Waals surface area contributed by atoms with Gasteiger partial charge in [0.1, 0.15) is 5.82 Å². The van der Waals surface area contributed by atoms with Gasteiger partial charge in [0.2, 0.25) is 0 Å². The van der Waals surface area contributed by atoms with Crippen molar-refractivity contribution >= 4 is 28.3 Å². The number of nitrogens with one attached hydrogen (secondary N) is 1. The maximum atomic E-state index is 11.5. The average Bonchev–Trinajstić information content (AvgIpc) is 2.69. The largest absolute Gasteiger partial charge is 0.462 e. The lowest BCUT2D eigenvalue weighted by Gasteiger charge is -2.03. The Morgan fingerprint density at radius 3 is 2.74 bits per heavy atom. The van der Waals surface area contributed by atoms with Crippen molar-refractivity contribution in [3.63, 3.8) is 0 Å². The molecule has 6 heteroatoms. The number of rotatable bonds is 4. The molecule has 0 fully saturated rings. The Hall–Kier alpha value is -1.95. The molecule has 0 unspecified atom stereocenters. The van der Waals surface area contributed by atoms with E-state index in [9.17, 15) is 4.79 Å². The molecule has 0 spiro atoms. The summed E-state index contributed by atoms with van der Waals surface area (Å²) in [6.07, 6.45) is 1.49. The number of anilines is 2. The highest BCUT2D eigenvalue weighted by atomic mass is 32.1. The minimum atomic E-state index is -0.359. The van der Waals surface area contributed by atoms with Crippen LogP contribution in [0, 0.1) is 13.8 Å². The van der Waals surface area contributed by atoms with E-state index in [0.29, 0.717) is 18.0 Å². The number of esters is 1. The lowest BCUT2D eigenvalue weighted by Crippen LogP contribution is -2.05. The third kappa shape index (κ3) is 3.29. The van der Waals surface area contributed by atoms with Crippen LogP contribution in [0.15, 0.2) is 18.3 Å². The van der Waals surface area contributed by atoms with E-state index in [1.807, 2.05) is 13.8 Å². The van der Waals surface area contributed by atoms with Gasteiger partial charge in [0, 0.05) is 11.1 Å². The van der Waals surface area contributed by atoms with Crippen LogP contribution in [0.1, 0.15) is 27.9 Å². The third-order valence-electron chi connectivity index (χ3n) is 2.54. The second-order valence-electron chi connectivity index (χ2n) is 3.94. The average molecular weight is 277 g/mol. The fourth-order valence-electron chi connectivity index (χ4n) is 1.44. The number of carbonyl (C=O) groups is 1. The van der Waals surface area contributed by atoms with E-state index in [2.05, 4.69) is 15.3 Å². The van der Waals surface area contributed by atoms with E-state index < -0.39 is 0 Å². The zero-order chi connectivity index (χ0) is 13.8. The first kappa shape index (κ1) is 13.5. The van der Waals surface area contributed by atoms with Crippen molar-refractivity contribution in [1.29, 1.82) is 0 Å². The van der Waals surface area contributed by atoms with Gasteiger partial charge in [-0.15, -0.1) is 11.3 Å². The van der Waals surface area contributed by atoms with Gasteiger partial charge in [-0.25, -0.2) is 14.8 Å². The highest BCUT2D eigenvalue weighted by molar-refractivity contribution is 7.15. The topological polar surface area (TPSA) is 64.1 Å². The number of hydrogen-bond donors (Lipinski definition) is 1. The Labute approximate surface area is 115 Å². The first-order valence-corrected chi connectivity index (χ1v) is 6.76. The summed E-state index contributed by atoms with van der Waals surface area (Å²) < 4.78 is 4.90. The number of aryl methyl sites for hydroxylation is 2. The number of hydrogen-bond acceptors (Lipinski definition) is 6. The van der Waals surface area contributed by atoms with Crippen LogP contribution in [-0.2, 0) is 4.74 Å². The van der Waals surface area contributed by atoms with Crippen LogP contribution in [0.2, 0.25) is 0 Å². The lowest BCUT2D eigenvalue weighted by molar-refractivity contribution is 0.0526. The van der Waals surface area contributed by atoms with Crippen LogP contribution in [0.4, 0.5) is 10.9 Å². The zero-order valence-corrected chi connectivity index (χ0v) is 11.9. The molecule has 0 aromatic carbocycles. The molecular formula is C13H15N3O2S. The predicted molar refractivity (Wildman–Crippen MR) is 75.1 cm³/mol. The highest BCUT2D eigenvalue weighted by Crippen LogP contribution is 2.23. The van der Waals surface area contributed by atoms with Crippen LogP contribution in [0.5, 0.6) is 0 Å². The quantitative estimate of drug-likeness (QED) is 0.870. The van der Waals surface area contributed by atoms with Crippen molar-refractivity contribution in [3.05, 3.63) is 34.5 Å². The summed E-state index contributed by atoms with van der Waals surface area (Å²) in [6.45, 7) is 6.12. The molecule has 0 aliphatic carbocycles. The van der Waals surface area contributed by atoms with E-state index in [-0.39, 0.29) is 5.97 Å². The molecule has 0 aliphatic heterocycles. The van der Waals surface area contributed by atoms with E-state index in [4.69, 9.17) is 4.74 Å². The van der Waals surface area contributed by atoms with E-state index in [0.717, 1.165) is 10.8 Å². The molecule has 1 N–H and O–H groups in total. The summed E-state index contributed by atoms with van der Waals surface area (Å²) in [7, 11) is 0. The second-order valence-corrected chi connectivity index (χ2v) is 5.14. The van der Waals surface area contributed by atoms with E-state index in [1.165, 1.54) is 11.1 Å². The Morgan fingerprint density at radius 2 is 2.21 bits per heavy atom. The van der Waals surface area contributed by atoms with Gasteiger partial charge in [-0.3, -0.25) is 0 Å². The molecule has 19 heavy (non-hydrogen) atoms. The SMILES string of the molecule is CCOC(=O)c1ccc(Nc2nc(C)c(C)s2)nc1. The van der Waals surface area contributed by atoms with Crippen molar-refractivity contribution in [2.45, 2.75) is 20.8 Å². The molecule has 0 aliphatic rings. The van der Waals surface area contributed by atoms with Gasteiger partial charge in [-0.1, -0.05) is 0 Å². The number of ether oxygens (including phenoxy) is 1. The van der Waals surface area contributed by atoms with Crippen molar-refractivity contribution < 1.29 is 9.53 Å². The molecule has 2 rings (SSSR count). The molecule has 5 nitrogen and oxygen atoms in total. The van der Waals surface area contributed by atoms with Gasteiger partial charge in [-0.05, 0) is 32.9 Å². The van der Waals surface area contributed by atoms with Crippen LogP contribution in [-0.4, -0.2) is 22.5 Å². The Balaban J connectivity index is 2.08. The Kier molecular flexibility index (Phi) is 4.11. The fraction of sp³-hybridized carbons (Fsp3) is 0.308. The predicted octanol–water partition coefficient (Wildman–Crippen LogP) is 3.08. The lowest BCUT2D eigenvalue weighted by atomic mass is 10.3. The monoisotopic (exact) mass is 277 g/mol. The van der Waals surface area contributed by atoms with Crippen LogP contribution < -0.4 is 5.32 Å². The standard InChI is InChI=1S/C13H15N3O2S/c1-4-18-12(17)10-5-6-11(14-7-10)16-13-15-8(2)9(3)19-13/h5-7H,4H2,1-3H3,(H,14,15,16). The normalized spacial score (nSPS) is 10.3. The fourth-order valence-corrected chi connectivity index (χ4v) is 2.26. The van der Waals surface area contributed by atoms with Gasteiger partial charge < -0.3 is 10.1 Å². The second kappa shape index (κ2) is 5.79. The maximum absolute atomic E-state index is 11.5. The summed E-state index contributed by atoms with van der Waals surface area (Å²) in [5.41, 5.74) is 1.45. The summed E-state index contributed by atoms with van der Waals surface area (Å²) >= 11 is 1.57. The Bertz CT molecular complexity index is 559. The molecule has 0 saturated carbocycles. The molecule has 0 radical (unpaired) electrons. The van der Waals surface area contributed by atoms with Crippen LogP contribution in [0.3, 0.4) is 0 Å². The molecule has 0 atom stereocenters. The smallest absolute Gasteiger partial charge is 0.339 e. The highest BCUT2D eigenvalue weighted by Gasteiger charge is 2.08. The molecule has 0 bridgehead atoms. The number of thiazole rings is 1. The van der Waals surface area contributed by atoms with Gasteiger partial charge in [0.15, 0.2) is 5.13 Å². The first-order chi connectivity index (χ1) is 9.10. The number of nitrogens with zero attached hydrogens (tertiary/aromatic N) is 2. The van der Waals surface area contributed by atoms with Gasteiger partial charge in [0.25, 0.3) is 0 Å². The van der Waals surface area contributed by atoms with Crippen LogP contribution in [0.25, 0.3) is 0 Å². The number of carbonyl (C=O) groups excluding carboxylic acids is 1. The van der Waals surface area contributed by atoms with Crippen molar-refractivity contribution in [1.82, 2.24) is 9.97 Å². The molecule has 2 heterocycles. The molecule has 2 aromatic heterocycles. The van der Waals surface area contributed by atoms with Gasteiger partial charge >= 0.3 is 5.97 Å². The van der Waals surface area contributed by atoms with Crippen molar-refractivity contribution in [2.24, 2.45) is 0 Å². The number of aromatic nitrogens is 2. The van der Waals surface area contributed by atoms with Gasteiger partial charge in [-0.2, -0.15) is 0 Å². The van der Waals surface area contributed by atoms with Gasteiger partial charge in [0.05, 0.1) is 17.9 Å². The molecule has 100 valence electrons. The molecule has 0 amide bonds. The summed E-state index contributed by atoms with van der Waals surface area (Å²) in [6, 6.07) is 3.42. The Morgan fingerprint density at radius 1 is 1.42 bits per heavy atom. The van der Waals surface area contributed by atoms with Crippen molar-refractivity contribution in [3.8, 4) is 0 Å². The van der Waals surface area contributed by atoms with Crippen molar-refractivity contribution in [2.75, 3.05) is 11.9 Å². The third-order valence-corrected chi connectivity index (χ3v) is 3.53. The maximum Gasteiger partial charge on any atom is 0.339 e. The van der Waals surface area contributed by atoms with Crippen LogP contribution >= 0.6 is 11.3 Å². The number of pyridine rings is 1. The zero-order valence-electron chi connectivity index (χ0n) is 11.1. The summed E-state index contributed by atoms with van der Waals surface area (Å²) in [5, 5.41) is 3.91.